The molecule has 2 aliphatic rings. The lowest BCUT2D eigenvalue weighted by Gasteiger charge is -2.33. The molecule has 28 heavy (non-hydrogen) atoms. The van der Waals surface area contributed by atoms with E-state index in [1.807, 2.05) is 32.0 Å². The average Bonchev–Trinajstić information content (AvgIpc) is 2.87. The molecule has 1 aromatic carbocycles. The molecule has 3 rings (SSSR count). The first-order chi connectivity index (χ1) is 13.1. The molecular formula is C21H28ClN3O3. The Bertz CT molecular complexity index is 785. The topological polar surface area (TPSA) is 78.5 Å². The van der Waals surface area contributed by atoms with Crippen LogP contribution in [0.1, 0.15) is 52.0 Å². The average molecular weight is 406 g/mol. The molecule has 0 atom stereocenters. The number of benzene rings is 1. The maximum Gasteiger partial charge on any atom is 0.325 e. The number of carbonyl (C=O) groups excluding carboxylic acids is 3. The van der Waals surface area contributed by atoms with Crippen molar-refractivity contribution in [1.29, 1.82) is 0 Å². The molecular weight excluding hydrogens is 378 g/mol. The van der Waals surface area contributed by atoms with Crippen molar-refractivity contribution in [2.75, 3.05) is 13.1 Å². The van der Waals surface area contributed by atoms with Crippen molar-refractivity contribution in [2.45, 2.75) is 57.4 Å². The Balaban J connectivity index is 1.59. The van der Waals surface area contributed by atoms with Gasteiger partial charge in [0.15, 0.2) is 0 Å². The van der Waals surface area contributed by atoms with E-state index in [4.69, 9.17) is 11.6 Å². The Morgan fingerprint density at radius 3 is 2.64 bits per heavy atom. The van der Waals surface area contributed by atoms with Crippen molar-refractivity contribution in [3.8, 4) is 0 Å². The van der Waals surface area contributed by atoms with Gasteiger partial charge in [0.05, 0.1) is 0 Å². The molecule has 1 saturated carbocycles. The lowest BCUT2D eigenvalue weighted by molar-refractivity contribution is -0.136. The maximum absolute atomic E-state index is 12.8. The van der Waals surface area contributed by atoms with Crippen LogP contribution in [0.2, 0.25) is 5.02 Å². The summed E-state index contributed by atoms with van der Waals surface area (Å²) in [4.78, 5) is 38.7. The molecule has 1 aromatic rings. The predicted molar refractivity (Wildman–Crippen MR) is 108 cm³/mol. The molecule has 0 bridgehead atoms. The minimum Gasteiger partial charge on any atom is -0.354 e. The normalized spacial score (nSPS) is 25.1. The van der Waals surface area contributed by atoms with Crippen molar-refractivity contribution in [3.63, 3.8) is 0 Å². The fraction of sp³-hybridized carbons (Fsp3) is 0.571. The number of nitrogens with zero attached hydrogens (tertiary/aromatic N) is 1. The van der Waals surface area contributed by atoms with Crippen molar-refractivity contribution in [3.05, 3.63) is 34.9 Å². The highest BCUT2D eigenvalue weighted by molar-refractivity contribution is 6.30. The highest BCUT2D eigenvalue weighted by Gasteiger charge is 2.52. The summed E-state index contributed by atoms with van der Waals surface area (Å²) in [5.41, 5.74) is -0.145. The number of halogens is 1. The van der Waals surface area contributed by atoms with Gasteiger partial charge in [-0.05, 0) is 49.3 Å². The molecule has 4 amide bonds. The minimum absolute atomic E-state index is 0.256. The second-order valence-electron chi connectivity index (χ2n) is 8.76. The number of nitrogens with one attached hydrogen (secondary N) is 2. The first-order valence-corrected chi connectivity index (χ1v) is 10.2. The molecule has 2 N–H and O–H groups in total. The van der Waals surface area contributed by atoms with Crippen molar-refractivity contribution in [1.82, 2.24) is 15.5 Å². The number of hydrogen-bond donors (Lipinski definition) is 2. The van der Waals surface area contributed by atoms with E-state index >= 15 is 0 Å². The molecule has 1 aliphatic heterocycles. The monoisotopic (exact) mass is 405 g/mol. The standard InChI is InChI=1S/C21H28ClN3O3/c1-14-7-9-21(10-8-14)18(27)25(19(28)24-21)12-17(26)23-13-20(2,3)15-5-4-6-16(22)11-15/h4-6,11,14H,7-10,12-13H2,1-3H3,(H,23,26)(H,24,28). The third-order valence-electron chi connectivity index (χ3n) is 6.01. The third-order valence-corrected chi connectivity index (χ3v) is 6.24. The third kappa shape index (κ3) is 4.17. The van der Waals surface area contributed by atoms with Crippen LogP contribution in [0.3, 0.4) is 0 Å². The second kappa shape index (κ2) is 7.74. The fourth-order valence-corrected chi connectivity index (χ4v) is 4.13. The number of carbonyl (C=O) groups is 3. The Morgan fingerprint density at radius 1 is 1.32 bits per heavy atom. The molecule has 6 nitrogen and oxygen atoms in total. The van der Waals surface area contributed by atoms with Gasteiger partial charge in [-0.1, -0.05) is 44.5 Å². The second-order valence-corrected chi connectivity index (χ2v) is 9.19. The number of rotatable bonds is 5. The molecule has 2 fully saturated rings. The summed E-state index contributed by atoms with van der Waals surface area (Å²) in [6, 6.07) is 7.05. The first-order valence-electron chi connectivity index (χ1n) is 9.80. The molecule has 1 aliphatic carbocycles. The molecule has 0 unspecified atom stereocenters. The van der Waals surface area contributed by atoms with E-state index in [9.17, 15) is 14.4 Å². The fourth-order valence-electron chi connectivity index (χ4n) is 3.94. The van der Waals surface area contributed by atoms with Gasteiger partial charge in [0, 0.05) is 17.0 Å². The van der Waals surface area contributed by atoms with E-state index in [1.54, 1.807) is 6.07 Å². The van der Waals surface area contributed by atoms with E-state index < -0.39 is 11.6 Å². The molecule has 0 radical (unpaired) electrons. The summed E-state index contributed by atoms with van der Waals surface area (Å²) in [6.45, 7) is 6.28. The zero-order chi connectivity index (χ0) is 20.5. The SMILES string of the molecule is CC1CCC2(CC1)NC(=O)N(CC(=O)NCC(C)(C)c1cccc(Cl)c1)C2=O. The van der Waals surface area contributed by atoms with Crippen LogP contribution in [0.15, 0.2) is 24.3 Å². The summed E-state index contributed by atoms with van der Waals surface area (Å²) < 4.78 is 0. The van der Waals surface area contributed by atoms with Crippen molar-refractivity contribution < 1.29 is 14.4 Å². The van der Waals surface area contributed by atoms with Crippen molar-refractivity contribution in [2.24, 2.45) is 5.92 Å². The molecule has 1 spiro atoms. The van der Waals surface area contributed by atoms with Gasteiger partial charge in [0.2, 0.25) is 5.91 Å². The highest BCUT2D eigenvalue weighted by atomic mass is 35.5. The largest absolute Gasteiger partial charge is 0.354 e. The molecule has 0 aromatic heterocycles. The van der Waals surface area contributed by atoms with E-state index in [-0.39, 0.29) is 23.8 Å². The smallest absolute Gasteiger partial charge is 0.325 e. The summed E-state index contributed by atoms with van der Waals surface area (Å²) in [6.07, 6.45) is 3.08. The van der Waals surface area contributed by atoms with Gasteiger partial charge in [0.25, 0.3) is 5.91 Å². The van der Waals surface area contributed by atoms with Gasteiger partial charge in [-0.25, -0.2) is 4.79 Å². The minimum atomic E-state index is -0.816. The number of imide groups is 1. The lowest BCUT2D eigenvalue weighted by Crippen LogP contribution is -2.50. The molecule has 1 saturated heterocycles. The maximum atomic E-state index is 12.8. The lowest BCUT2D eigenvalue weighted by atomic mass is 9.77. The highest BCUT2D eigenvalue weighted by Crippen LogP contribution is 2.36. The van der Waals surface area contributed by atoms with Crippen LogP contribution in [0.5, 0.6) is 0 Å². The van der Waals surface area contributed by atoms with Crippen LogP contribution < -0.4 is 10.6 Å². The van der Waals surface area contributed by atoms with Crippen LogP contribution >= 0.6 is 11.6 Å². The van der Waals surface area contributed by atoms with Gasteiger partial charge >= 0.3 is 6.03 Å². The van der Waals surface area contributed by atoms with Gasteiger partial charge in [0.1, 0.15) is 12.1 Å². The summed E-state index contributed by atoms with van der Waals surface area (Å²) in [7, 11) is 0. The Kier molecular flexibility index (Phi) is 5.71. The van der Waals surface area contributed by atoms with Crippen molar-refractivity contribution >= 4 is 29.4 Å². The van der Waals surface area contributed by atoms with Crippen LogP contribution in [0.4, 0.5) is 4.79 Å². The van der Waals surface area contributed by atoms with Crippen LogP contribution in [0, 0.1) is 5.92 Å². The molecule has 152 valence electrons. The van der Waals surface area contributed by atoms with Crippen LogP contribution in [-0.2, 0) is 15.0 Å². The zero-order valence-corrected chi connectivity index (χ0v) is 17.4. The Labute approximate surface area is 171 Å². The summed E-state index contributed by atoms with van der Waals surface area (Å²) in [5.74, 6) is -0.0603. The summed E-state index contributed by atoms with van der Waals surface area (Å²) >= 11 is 6.06. The van der Waals surface area contributed by atoms with Crippen LogP contribution in [0.25, 0.3) is 0 Å². The van der Waals surface area contributed by atoms with E-state index in [0.717, 1.165) is 23.3 Å². The van der Waals surface area contributed by atoms with Gasteiger partial charge in [-0.3, -0.25) is 14.5 Å². The number of amides is 4. The first kappa shape index (κ1) is 20.6. The van der Waals surface area contributed by atoms with E-state index in [0.29, 0.717) is 30.3 Å². The van der Waals surface area contributed by atoms with E-state index in [2.05, 4.69) is 17.6 Å². The Hall–Kier alpha value is -2.08. The molecule has 1 heterocycles. The quantitative estimate of drug-likeness (QED) is 0.738. The van der Waals surface area contributed by atoms with Crippen LogP contribution in [-0.4, -0.2) is 41.4 Å². The van der Waals surface area contributed by atoms with E-state index in [1.165, 1.54) is 0 Å². The molecule has 7 heteroatoms. The zero-order valence-electron chi connectivity index (χ0n) is 16.7. The predicted octanol–water partition coefficient (Wildman–Crippen LogP) is 3.23. The van der Waals surface area contributed by atoms with Gasteiger partial charge in [-0.15, -0.1) is 0 Å². The Morgan fingerprint density at radius 2 is 2.00 bits per heavy atom. The number of urea groups is 1. The number of hydrogen-bond acceptors (Lipinski definition) is 3. The van der Waals surface area contributed by atoms with Gasteiger partial charge < -0.3 is 10.6 Å². The van der Waals surface area contributed by atoms with Gasteiger partial charge in [-0.2, -0.15) is 0 Å². The summed E-state index contributed by atoms with van der Waals surface area (Å²) in [5, 5.41) is 6.34.